The van der Waals surface area contributed by atoms with Crippen molar-refractivity contribution in [2.24, 2.45) is 0 Å². The number of hydrogen-bond acceptors (Lipinski definition) is 5. The molecular weight excluding hydrogens is 365 g/mol. The quantitative estimate of drug-likeness (QED) is 0.701. The molecule has 0 aliphatic rings. The van der Waals surface area contributed by atoms with Crippen LogP contribution in [-0.4, -0.2) is 29.0 Å². The summed E-state index contributed by atoms with van der Waals surface area (Å²) in [4.78, 5) is 31.5. The summed E-state index contributed by atoms with van der Waals surface area (Å²) in [7, 11) is 1.05. The number of esters is 2. The molecule has 2 aromatic heterocycles. The predicted octanol–water partition coefficient (Wildman–Crippen LogP) is 3.65. The molecule has 3 rings (SSSR count). The topological polar surface area (TPSA) is 81.3 Å². The number of carbonyl (C=O) groups excluding carboxylic acids is 2. The Bertz CT molecular complexity index is 997. The molecule has 0 bridgehead atoms. The Morgan fingerprint density at radius 3 is 2.67 bits per heavy atom. The highest BCUT2D eigenvalue weighted by atomic mass is 19.4. The van der Waals surface area contributed by atoms with Gasteiger partial charge in [-0.05, 0) is 24.3 Å². The van der Waals surface area contributed by atoms with Crippen LogP contribution < -0.4 is 0 Å². The van der Waals surface area contributed by atoms with Crippen LogP contribution in [0.15, 0.2) is 48.8 Å². The van der Waals surface area contributed by atoms with Crippen molar-refractivity contribution in [1.82, 2.24) is 9.97 Å². The van der Waals surface area contributed by atoms with Crippen LogP contribution in [0.5, 0.6) is 0 Å². The van der Waals surface area contributed by atoms with Gasteiger partial charge in [0.15, 0.2) is 0 Å². The van der Waals surface area contributed by atoms with Gasteiger partial charge in [-0.1, -0.05) is 12.1 Å². The maximum Gasteiger partial charge on any atom is 0.416 e. The zero-order chi connectivity index (χ0) is 19.6. The van der Waals surface area contributed by atoms with Crippen LogP contribution in [-0.2, 0) is 20.4 Å². The fourth-order valence-electron chi connectivity index (χ4n) is 2.55. The van der Waals surface area contributed by atoms with Gasteiger partial charge in [-0.25, -0.2) is 14.6 Å². The monoisotopic (exact) mass is 378 g/mol. The fourth-order valence-corrected chi connectivity index (χ4v) is 2.55. The molecule has 6 nitrogen and oxygen atoms in total. The van der Waals surface area contributed by atoms with Gasteiger partial charge in [0.1, 0.15) is 5.65 Å². The van der Waals surface area contributed by atoms with Crippen LogP contribution in [0.3, 0.4) is 0 Å². The van der Waals surface area contributed by atoms with Gasteiger partial charge in [0.25, 0.3) is 0 Å². The number of fused-ring (bicyclic) bond motifs is 1. The second-order valence-corrected chi connectivity index (χ2v) is 5.53. The minimum absolute atomic E-state index is 0.113. The van der Waals surface area contributed by atoms with Crippen LogP contribution in [0, 0.1) is 0 Å². The molecule has 1 N–H and O–H groups in total. The number of hydrogen-bond donors (Lipinski definition) is 1. The minimum Gasteiger partial charge on any atom is -0.466 e. The van der Waals surface area contributed by atoms with E-state index in [1.165, 1.54) is 18.3 Å². The molecule has 0 amide bonds. The van der Waals surface area contributed by atoms with E-state index in [0.29, 0.717) is 11.0 Å². The molecular formula is C18H13F3N2O4. The van der Waals surface area contributed by atoms with Crippen molar-refractivity contribution < 1.29 is 32.2 Å². The summed E-state index contributed by atoms with van der Waals surface area (Å²) in [5.74, 6) is -1.89. The van der Waals surface area contributed by atoms with Crippen molar-refractivity contribution in [1.29, 1.82) is 0 Å². The summed E-state index contributed by atoms with van der Waals surface area (Å²) >= 11 is 0. The number of nitrogens with zero attached hydrogens (tertiary/aromatic N) is 1. The van der Waals surface area contributed by atoms with Gasteiger partial charge in [-0.3, -0.25) is 0 Å². The summed E-state index contributed by atoms with van der Waals surface area (Å²) in [5, 5.41) is 0.454. The van der Waals surface area contributed by atoms with E-state index in [-0.39, 0.29) is 11.1 Å². The Hall–Kier alpha value is -3.36. The molecule has 0 aliphatic carbocycles. The van der Waals surface area contributed by atoms with Crippen molar-refractivity contribution in [2.75, 3.05) is 7.11 Å². The highest BCUT2D eigenvalue weighted by Gasteiger charge is 2.33. The first-order valence-corrected chi connectivity index (χ1v) is 7.69. The largest absolute Gasteiger partial charge is 0.466 e. The lowest BCUT2D eigenvalue weighted by atomic mass is 10.1. The third-order valence-electron chi connectivity index (χ3n) is 3.84. The third-order valence-corrected chi connectivity index (χ3v) is 3.84. The number of ether oxygens (including phenoxy) is 2. The molecule has 1 unspecified atom stereocenters. The number of H-pyrrole nitrogens is 1. The maximum absolute atomic E-state index is 12.9. The first-order chi connectivity index (χ1) is 12.8. The van der Waals surface area contributed by atoms with Gasteiger partial charge in [-0.15, -0.1) is 0 Å². The average Bonchev–Trinajstić information content (AvgIpc) is 3.13. The first-order valence-electron chi connectivity index (χ1n) is 7.69. The van der Waals surface area contributed by atoms with Crippen molar-refractivity contribution in [2.45, 2.75) is 12.3 Å². The van der Waals surface area contributed by atoms with E-state index in [2.05, 4.69) is 14.7 Å². The SMILES string of the molecule is COC(=O)C(OC(=O)c1ccnc2[nH]ccc12)c1cccc(C(F)(F)F)c1. The molecule has 0 fully saturated rings. The Morgan fingerprint density at radius 1 is 1.19 bits per heavy atom. The van der Waals surface area contributed by atoms with Crippen molar-refractivity contribution in [3.05, 3.63) is 65.5 Å². The molecule has 1 aromatic carbocycles. The van der Waals surface area contributed by atoms with Crippen LogP contribution in [0.25, 0.3) is 11.0 Å². The van der Waals surface area contributed by atoms with Gasteiger partial charge in [0.05, 0.1) is 18.2 Å². The predicted molar refractivity (Wildman–Crippen MR) is 87.7 cm³/mol. The first kappa shape index (κ1) is 18.4. The van der Waals surface area contributed by atoms with E-state index in [9.17, 15) is 22.8 Å². The zero-order valence-corrected chi connectivity index (χ0v) is 13.9. The lowest BCUT2D eigenvalue weighted by molar-refractivity contribution is -0.151. The Balaban J connectivity index is 1.96. The van der Waals surface area contributed by atoms with Crippen LogP contribution in [0.4, 0.5) is 13.2 Å². The number of pyridine rings is 1. The van der Waals surface area contributed by atoms with Crippen LogP contribution in [0.2, 0.25) is 0 Å². The molecule has 2 heterocycles. The molecule has 0 aliphatic heterocycles. The molecule has 0 saturated heterocycles. The molecule has 1 atom stereocenters. The van der Waals surface area contributed by atoms with Gasteiger partial charge < -0.3 is 14.5 Å². The Morgan fingerprint density at radius 2 is 1.96 bits per heavy atom. The summed E-state index contributed by atoms with van der Waals surface area (Å²) in [6, 6.07) is 6.95. The normalized spacial score (nSPS) is 12.6. The van der Waals surface area contributed by atoms with E-state index in [4.69, 9.17) is 4.74 Å². The Kier molecular flexibility index (Phi) is 4.85. The van der Waals surface area contributed by atoms with Gasteiger partial charge >= 0.3 is 18.1 Å². The fraction of sp³-hybridized carbons (Fsp3) is 0.167. The maximum atomic E-state index is 12.9. The van der Waals surface area contributed by atoms with Crippen molar-refractivity contribution in [3.63, 3.8) is 0 Å². The van der Waals surface area contributed by atoms with Crippen LogP contribution in [0.1, 0.15) is 27.6 Å². The van der Waals surface area contributed by atoms with Crippen LogP contribution >= 0.6 is 0 Å². The zero-order valence-electron chi connectivity index (χ0n) is 13.9. The number of rotatable bonds is 4. The van der Waals surface area contributed by atoms with E-state index < -0.39 is 29.8 Å². The lowest BCUT2D eigenvalue weighted by Gasteiger charge is -2.17. The molecule has 3 aromatic rings. The summed E-state index contributed by atoms with van der Waals surface area (Å²) in [6.07, 6.45) is -3.32. The van der Waals surface area contributed by atoms with E-state index in [1.807, 2.05) is 0 Å². The van der Waals surface area contributed by atoms with E-state index in [1.54, 1.807) is 12.3 Å². The Labute approximate surface area is 150 Å². The third kappa shape index (κ3) is 3.76. The second kappa shape index (κ2) is 7.10. The number of nitrogens with one attached hydrogen (secondary N) is 1. The average molecular weight is 378 g/mol. The number of alkyl halides is 3. The van der Waals surface area contributed by atoms with Crippen molar-refractivity contribution >= 4 is 23.0 Å². The molecule has 0 radical (unpaired) electrons. The number of methoxy groups -OCH3 is 1. The molecule has 140 valence electrons. The van der Waals surface area contributed by atoms with Gasteiger partial charge in [0.2, 0.25) is 6.10 Å². The summed E-state index contributed by atoms with van der Waals surface area (Å²) in [5.41, 5.74) is -0.577. The van der Waals surface area contributed by atoms with Gasteiger partial charge in [0, 0.05) is 23.3 Å². The number of aromatic amines is 1. The van der Waals surface area contributed by atoms with E-state index >= 15 is 0 Å². The lowest BCUT2D eigenvalue weighted by Crippen LogP contribution is -2.22. The number of aromatic nitrogens is 2. The summed E-state index contributed by atoms with van der Waals surface area (Å²) < 4.78 is 48.6. The number of carbonyl (C=O) groups is 2. The molecule has 27 heavy (non-hydrogen) atoms. The van der Waals surface area contributed by atoms with E-state index in [0.717, 1.165) is 25.3 Å². The molecule has 0 saturated carbocycles. The minimum atomic E-state index is -4.61. The second-order valence-electron chi connectivity index (χ2n) is 5.53. The smallest absolute Gasteiger partial charge is 0.416 e. The molecule has 0 spiro atoms. The number of halogens is 3. The molecule has 9 heteroatoms. The van der Waals surface area contributed by atoms with Gasteiger partial charge in [-0.2, -0.15) is 13.2 Å². The number of benzene rings is 1. The highest BCUT2D eigenvalue weighted by Crippen LogP contribution is 2.32. The summed E-state index contributed by atoms with van der Waals surface area (Å²) in [6.45, 7) is 0. The highest BCUT2D eigenvalue weighted by molar-refractivity contribution is 6.03. The standard InChI is InChI=1S/C18H13F3N2O4/c1-26-17(25)14(10-3-2-4-11(9-10)18(19,20)21)27-16(24)13-6-8-23-15-12(13)5-7-22-15/h2-9,14H,1H3,(H,22,23). The van der Waals surface area contributed by atoms with Crippen molar-refractivity contribution in [3.8, 4) is 0 Å².